The van der Waals surface area contributed by atoms with Gasteiger partial charge in [-0.05, 0) is 88.7 Å². The van der Waals surface area contributed by atoms with Gasteiger partial charge in [-0.25, -0.2) is 0 Å². The van der Waals surface area contributed by atoms with E-state index in [2.05, 4.69) is 57.5 Å². The van der Waals surface area contributed by atoms with Crippen LogP contribution in [0.3, 0.4) is 0 Å². The summed E-state index contributed by atoms with van der Waals surface area (Å²) >= 11 is 0. The van der Waals surface area contributed by atoms with Crippen molar-refractivity contribution >= 4 is 11.8 Å². The van der Waals surface area contributed by atoms with Crippen LogP contribution in [0.2, 0.25) is 0 Å². The van der Waals surface area contributed by atoms with Gasteiger partial charge in [-0.15, -0.1) is 0 Å². The fourth-order valence-electron chi connectivity index (χ4n) is 13.9. The Morgan fingerprint density at radius 2 is 0.379 bits per heavy atom. The number of carbonyl (C=O) groups excluding carboxylic acids is 2. The molecule has 2 rings (SSSR count). The van der Waals surface area contributed by atoms with Crippen LogP contribution in [0.4, 0.5) is 0 Å². The molecular formula is C92H169N3O8. The van der Waals surface area contributed by atoms with Crippen molar-refractivity contribution in [3.8, 4) is 34.5 Å². The zero-order valence-electron chi connectivity index (χ0n) is 69.0. The average Bonchev–Trinajstić information content (AvgIpc) is 0.825. The zero-order chi connectivity index (χ0) is 73.9. The molecule has 0 heterocycles. The molecule has 3 N–H and O–H groups in total. The van der Waals surface area contributed by atoms with E-state index in [4.69, 9.17) is 28.4 Å². The summed E-state index contributed by atoms with van der Waals surface area (Å²) in [5.74, 6) is 3.48. The monoisotopic (exact) mass is 1440 g/mol. The Kier molecular flexibility index (Phi) is 69.3. The van der Waals surface area contributed by atoms with Crippen molar-refractivity contribution in [2.45, 2.75) is 440 Å². The topological polar surface area (TPSA) is 126 Å². The van der Waals surface area contributed by atoms with Crippen LogP contribution >= 0.6 is 0 Å². The number of rotatable bonds is 82. The molecule has 0 saturated heterocycles. The fraction of sp³-hybridized carbons (Fsp3) is 0.848. The standard InChI is InChI=1S/C92H169N3O8/c1-7-13-19-25-31-37-43-49-55-61-73-98-85-79-83(80-86(99-74-62-56-50-44-38-32-26-20-14-8-2)89(85)102-77-65-59-53-47-41-35-29-23-17-11-5)91(96)94-71-67-69-93-70-68-72-95-92(97)84-81-87(100-75-63-57-51-45-39-33-27-21-15-9-3)90(103-78-66-60-54-48-42-36-30-24-18-12-6)88(82-84)101-76-64-58-52-46-40-34-28-22-16-10-4/h79-82,93H,7-78H2,1-6H3,(H,94,96)(H,95,97). The Hall–Kier alpha value is -3.86. The fourth-order valence-corrected chi connectivity index (χ4v) is 13.9. The van der Waals surface area contributed by atoms with Gasteiger partial charge in [0.25, 0.3) is 11.8 Å². The highest BCUT2D eigenvalue weighted by molar-refractivity contribution is 5.96. The summed E-state index contributed by atoms with van der Waals surface area (Å²) in [6.07, 6.45) is 77.3. The SMILES string of the molecule is CCCCCCCCCCCCOc1cc(C(=O)NCCCNCCCNC(=O)c2cc(OCCCCCCCCCCCC)c(OCCCCCCCCCCCC)c(OCCCCCCCCCCCC)c2)cc(OCCCCCCCCCCCC)c1OCCCCCCCCCCCC. The first-order valence-corrected chi connectivity index (χ1v) is 45.3. The second-order valence-electron chi connectivity index (χ2n) is 30.8. The van der Waals surface area contributed by atoms with Gasteiger partial charge in [0, 0.05) is 24.2 Å². The van der Waals surface area contributed by atoms with E-state index in [1.54, 1.807) is 0 Å². The molecule has 2 amide bonds. The van der Waals surface area contributed by atoms with Crippen LogP contribution in [-0.4, -0.2) is 77.6 Å². The summed E-state index contributed by atoms with van der Waals surface area (Å²) in [5.41, 5.74) is 1.08. The van der Waals surface area contributed by atoms with Crippen molar-refractivity contribution in [3.63, 3.8) is 0 Å². The van der Waals surface area contributed by atoms with E-state index in [9.17, 15) is 9.59 Å². The number of ether oxygens (including phenoxy) is 6. The molecule has 600 valence electrons. The predicted molar refractivity (Wildman–Crippen MR) is 444 cm³/mol. The summed E-state index contributed by atoms with van der Waals surface area (Å²) in [6.45, 7) is 19.7. The summed E-state index contributed by atoms with van der Waals surface area (Å²) in [6, 6.07) is 7.56. The number of nitrogens with one attached hydrogen (secondary N) is 3. The van der Waals surface area contributed by atoms with Gasteiger partial charge >= 0.3 is 0 Å². The number of hydrogen-bond acceptors (Lipinski definition) is 9. The van der Waals surface area contributed by atoms with E-state index in [0.717, 1.165) is 103 Å². The second kappa shape index (κ2) is 75.0. The minimum Gasteiger partial charge on any atom is -0.490 e. The normalized spacial score (nSPS) is 11.4. The van der Waals surface area contributed by atoms with E-state index in [0.29, 0.717) is 98.4 Å². The van der Waals surface area contributed by atoms with Gasteiger partial charge in [-0.1, -0.05) is 388 Å². The van der Waals surface area contributed by atoms with Gasteiger partial charge in [0.15, 0.2) is 23.0 Å². The molecule has 0 unspecified atom stereocenters. The van der Waals surface area contributed by atoms with E-state index >= 15 is 0 Å². The van der Waals surface area contributed by atoms with Crippen LogP contribution in [0, 0.1) is 0 Å². The minimum absolute atomic E-state index is 0.134. The summed E-state index contributed by atoms with van der Waals surface area (Å²) in [7, 11) is 0. The number of amides is 2. The number of carbonyl (C=O) groups is 2. The Labute approximate surface area is 637 Å². The van der Waals surface area contributed by atoms with Gasteiger partial charge in [-0.2, -0.15) is 0 Å². The van der Waals surface area contributed by atoms with Crippen LogP contribution in [0.1, 0.15) is 460 Å². The number of hydrogen-bond donors (Lipinski definition) is 3. The second-order valence-corrected chi connectivity index (χ2v) is 30.8. The van der Waals surface area contributed by atoms with Crippen LogP contribution in [0.5, 0.6) is 34.5 Å². The molecule has 0 aromatic heterocycles. The summed E-state index contributed by atoms with van der Waals surface area (Å²) in [4.78, 5) is 28.2. The van der Waals surface area contributed by atoms with Crippen molar-refractivity contribution in [1.82, 2.24) is 16.0 Å². The first kappa shape index (κ1) is 95.2. The molecule has 0 aliphatic carbocycles. The smallest absolute Gasteiger partial charge is 0.251 e. The van der Waals surface area contributed by atoms with Crippen molar-refractivity contribution in [2.24, 2.45) is 0 Å². The minimum atomic E-state index is -0.134. The lowest BCUT2D eigenvalue weighted by molar-refractivity contribution is 0.0944. The van der Waals surface area contributed by atoms with E-state index in [1.165, 1.54) is 308 Å². The van der Waals surface area contributed by atoms with Crippen molar-refractivity contribution in [1.29, 1.82) is 0 Å². The van der Waals surface area contributed by atoms with Crippen LogP contribution in [0.15, 0.2) is 24.3 Å². The molecule has 11 nitrogen and oxygen atoms in total. The molecule has 103 heavy (non-hydrogen) atoms. The average molecular weight is 1450 g/mol. The van der Waals surface area contributed by atoms with E-state index in [1.807, 2.05) is 24.3 Å². The van der Waals surface area contributed by atoms with Crippen LogP contribution in [-0.2, 0) is 0 Å². The molecule has 0 fully saturated rings. The lowest BCUT2D eigenvalue weighted by Crippen LogP contribution is -2.29. The third-order valence-corrected chi connectivity index (χ3v) is 20.7. The quantitative estimate of drug-likeness (QED) is 0.0555. The van der Waals surface area contributed by atoms with E-state index < -0.39 is 0 Å². The first-order chi connectivity index (χ1) is 50.9. The largest absolute Gasteiger partial charge is 0.490 e. The maximum atomic E-state index is 14.1. The van der Waals surface area contributed by atoms with Crippen molar-refractivity contribution < 1.29 is 38.0 Å². The Bertz CT molecular complexity index is 1910. The lowest BCUT2D eigenvalue weighted by atomic mass is 10.1. The Balaban J connectivity index is 2.16. The molecular weight excluding hydrogens is 1280 g/mol. The maximum absolute atomic E-state index is 14.1. The lowest BCUT2D eigenvalue weighted by Gasteiger charge is -2.19. The zero-order valence-corrected chi connectivity index (χ0v) is 69.0. The molecule has 0 aliphatic heterocycles. The van der Waals surface area contributed by atoms with Gasteiger partial charge in [0.05, 0.1) is 39.6 Å². The van der Waals surface area contributed by atoms with Crippen LogP contribution < -0.4 is 44.4 Å². The van der Waals surface area contributed by atoms with Crippen LogP contribution in [0.25, 0.3) is 0 Å². The predicted octanol–water partition coefficient (Wildman–Crippen LogP) is 28.0. The Morgan fingerprint density at radius 3 is 0.563 bits per heavy atom. The third kappa shape index (κ3) is 57.0. The van der Waals surface area contributed by atoms with Gasteiger partial charge in [-0.3, -0.25) is 9.59 Å². The molecule has 0 spiro atoms. The molecule has 0 bridgehead atoms. The number of benzene rings is 2. The number of unbranched alkanes of at least 4 members (excludes halogenated alkanes) is 54. The highest BCUT2D eigenvalue weighted by Crippen LogP contribution is 2.41. The molecule has 2 aromatic rings. The maximum Gasteiger partial charge on any atom is 0.251 e. The highest BCUT2D eigenvalue weighted by Gasteiger charge is 2.22. The summed E-state index contributed by atoms with van der Waals surface area (Å²) < 4.78 is 39.8. The molecule has 11 heteroatoms. The Morgan fingerprint density at radius 1 is 0.214 bits per heavy atom. The molecule has 2 aromatic carbocycles. The molecule has 0 radical (unpaired) electrons. The van der Waals surface area contributed by atoms with E-state index in [-0.39, 0.29) is 11.8 Å². The summed E-state index contributed by atoms with van der Waals surface area (Å²) in [5, 5.41) is 9.99. The van der Waals surface area contributed by atoms with Crippen molar-refractivity contribution in [3.05, 3.63) is 35.4 Å². The molecule has 0 atom stereocenters. The highest BCUT2D eigenvalue weighted by atomic mass is 16.5. The van der Waals surface area contributed by atoms with Gasteiger partial charge in [0.2, 0.25) is 11.5 Å². The molecule has 0 aliphatic rings. The first-order valence-electron chi connectivity index (χ1n) is 45.3. The molecule has 0 saturated carbocycles. The van der Waals surface area contributed by atoms with Crippen molar-refractivity contribution in [2.75, 3.05) is 65.8 Å². The van der Waals surface area contributed by atoms with Gasteiger partial charge < -0.3 is 44.4 Å². The van der Waals surface area contributed by atoms with Gasteiger partial charge in [0.1, 0.15) is 0 Å². The third-order valence-electron chi connectivity index (χ3n) is 20.7.